The van der Waals surface area contributed by atoms with Crippen LogP contribution in [-0.4, -0.2) is 22.2 Å². The number of unbranched alkanes of at least 4 members (excludes halogenated alkanes) is 5. The van der Waals surface area contributed by atoms with Crippen LogP contribution in [0.15, 0.2) is 36.4 Å². The van der Waals surface area contributed by atoms with Gasteiger partial charge in [-0.15, -0.1) is 0 Å². The lowest BCUT2D eigenvalue weighted by Crippen LogP contribution is -2.38. The van der Waals surface area contributed by atoms with Crippen LogP contribution in [-0.2, 0) is 15.0 Å². The summed E-state index contributed by atoms with van der Waals surface area (Å²) in [4.78, 5) is 23.5. The summed E-state index contributed by atoms with van der Waals surface area (Å²) in [6.07, 6.45) is 10.2. The van der Waals surface area contributed by atoms with Gasteiger partial charge in [0.2, 0.25) is 0 Å². The molecule has 0 amide bonds. The molecule has 130 valence electrons. The van der Waals surface area contributed by atoms with Crippen LogP contribution < -0.4 is 0 Å². The third-order valence-electron chi connectivity index (χ3n) is 4.92. The Morgan fingerprint density at radius 3 is 2.38 bits per heavy atom. The summed E-state index contributed by atoms with van der Waals surface area (Å²) in [6.45, 7) is 2.17. The highest BCUT2D eigenvalue weighted by Crippen LogP contribution is 2.42. The first-order valence-electron chi connectivity index (χ1n) is 8.78. The standard InChI is InChI=1S/C20H26O4/c1-2-3-4-5-6-9-13-20(19(23)24)14-12-16(18(21)22)15-10-7-8-11-17(15)20/h7-8,10-12,14,16H,2-6,9,13H2,1H3,(H,21,22)(H,23,24)/t16-,20+/m1/s1. The number of rotatable bonds is 9. The molecule has 0 aromatic heterocycles. The first kappa shape index (κ1) is 18.2. The van der Waals surface area contributed by atoms with Crippen LogP contribution in [0.1, 0.15) is 68.9 Å². The molecule has 0 heterocycles. The highest BCUT2D eigenvalue weighted by atomic mass is 16.4. The van der Waals surface area contributed by atoms with Gasteiger partial charge in [-0.1, -0.05) is 81.9 Å². The number of fused-ring (bicyclic) bond motifs is 1. The van der Waals surface area contributed by atoms with Gasteiger partial charge in [-0.2, -0.15) is 0 Å². The molecule has 0 unspecified atom stereocenters. The Kier molecular flexibility index (Phi) is 6.18. The Labute approximate surface area is 143 Å². The van der Waals surface area contributed by atoms with Crippen LogP contribution in [0.2, 0.25) is 0 Å². The van der Waals surface area contributed by atoms with Gasteiger partial charge in [-0.25, -0.2) is 0 Å². The van der Waals surface area contributed by atoms with Crippen molar-refractivity contribution in [3.05, 3.63) is 47.5 Å². The van der Waals surface area contributed by atoms with Crippen molar-refractivity contribution in [3.8, 4) is 0 Å². The largest absolute Gasteiger partial charge is 0.481 e. The summed E-state index contributed by atoms with van der Waals surface area (Å²) < 4.78 is 0. The lowest BCUT2D eigenvalue weighted by molar-refractivity contribution is -0.143. The van der Waals surface area contributed by atoms with Crippen molar-refractivity contribution in [2.45, 2.75) is 63.2 Å². The fourth-order valence-electron chi connectivity index (χ4n) is 3.54. The number of carboxylic acids is 2. The predicted molar refractivity (Wildman–Crippen MR) is 93.3 cm³/mol. The van der Waals surface area contributed by atoms with E-state index in [2.05, 4.69) is 6.92 Å². The SMILES string of the molecule is CCCCCCCC[C@]1(C(=O)O)C=C[C@@H](C(=O)O)c2ccccc21. The van der Waals surface area contributed by atoms with Crippen LogP contribution in [0.4, 0.5) is 0 Å². The zero-order valence-corrected chi connectivity index (χ0v) is 14.2. The van der Waals surface area contributed by atoms with E-state index in [0.717, 1.165) is 19.3 Å². The van der Waals surface area contributed by atoms with Crippen molar-refractivity contribution < 1.29 is 19.8 Å². The molecule has 1 aromatic carbocycles. The molecule has 2 rings (SSSR count). The van der Waals surface area contributed by atoms with Gasteiger partial charge in [0.05, 0.1) is 0 Å². The topological polar surface area (TPSA) is 74.6 Å². The number of carbonyl (C=O) groups is 2. The molecule has 2 atom stereocenters. The van der Waals surface area contributed by atoms with Crippen molar-refractivity contribution in [1.29, 1.82) is 0 Å². The summed E-state index contributed by atoms with van der Waals surface area (Å²) in [5.74, 6) is -2.61. The smallest absolute Gasteiger partial charge is 0.318 e. The van der Waals surface area contributed by atoms with Crippen LogP contribution >= 0.6 is 0 Å². The van der Waals surface area contributed by atoms with E-state index in [1.165, 1.54) is 25.3 Å². The lowest BCUT2D eigenvalue weighted by atomic mass is 9.68. The monoisotopic (exact) mass is 330 g/mol. The molecule has 2 N–H and O–H groups in total. The Balaban J connectivity index is 2.21. The van der Waals surface area contributed by atoms with Crippen LogP contribution in [0, 0.1) is 0 Å². The molecular formula is C20H26O4. The molecule has 0 saturated heterocycles. The minimum Gasteiger partial charge on any atom is -0.481 e. The Morgan fingerprint density at radius 1 is 1.04 bits per heavy atom. The van der Waals surface area contributed by atoms with Crippen molar-refractivity contribution >= 4 is 11.9 Å². The fraction of sp³-hybridized carbons (Fsp3) is 0.500. The fourth-order valence-corrected chi connectivity index (χ4v) is 3.54. The molecule has 1 aromatic rings. The van der Waals surface area contributed by atoms with E-state index >= 15 is 0 Å². The quantitative estimate of drug-likeness (QED) is 0.516. The summed E-state index contributed by atoms with van der Waals surface area (Å²) >= 11 is 0. The normalized spacial score (nSPS) is 22.1. The van der Waals surface area contributed by atoms with Crippen molar-refractivity contribution in [2.24, 2.45) is 0 Å². The second-order valence-corrected chi connectivity index (χ2v) is 6.56. The molecule has 0 fully saturated rings. The zero-order valence-electron chi connectivity index (χ0n) is 14.2. The lowest BCUT2D eigenvalue weighted by Gasteiger charge is -2.33. The van der Waals surface area contributed by atoms with E-state index in [4.69, 9.17) is 0 Å². The van der Waals surface area contributed by atoms with Gasteiger partial charge in [0, 0.05) is 0 Å². The van der Waals surface area contributed by atoms with E-state index in [1.54, 1.807) is 30.3 Å². The molecular weight excluding hydrogens is 304 g/mol. The Morgan fingerprint density at radius 2 is 1.71 bits per heavy atom. The minimum atomic E-state index is -1.10. The molecule has 0 saturated carbocycles. The van der Waals surface area contributed by atoms with E-state index < -0.39 is 23.3 Å². The maximum atomic E-state index is 12.1. The zero-order chi connectivity index (χ0) is 17.6. The molecule has 1 aliphatic carbocycles. The molecule has 0 aliphatic heterocycles. The highest BCUT2D eigenvalue weighted by molar-refractivity contribution is 5.89. The third kappa shape index (κ3) is 3.69. The van der Waals surface area contributed by atoms with Gasteiger partial charge >= 0.3 is 11.9 Å². The van der Waals surface area contributed by atoms with Crippen molar-refractivity contribution in [3.63, 3.8) is 0 Å². The highest BCUT2D eigenvalue weighted by Gasteiger charge is 2.43. The van der Waals surface area contributed by atoms with Crippen molar-refractivity contribution in [1.82, 2.24) is 0 Å². The van der Waals surface area contributed by atoms with Crippen LogP contribution in [0.3, 0.4) is 0 Å². The summed E-state index contributed by atoms with van der Waals surface area (Å²) in [5, 5.41) is 19.3. The molecule has 1 aliphatic rings. The minimum absolute atomic E-state index is 0.508. The van der Waals surface area contributed by atoms with Gasteiger partial charge in [-0.05, 0) is 17.5 Å². The first-order valence-corrected chi connectivity index (χ1v) is 8.78. The molecule has 24 heavy (non-hydrogen) atoms. The summed E-state index contributed by atoms with van der Waals surface area (Å²) in [6, 6.07) is 7.05. The van der Waals surface area contributed by atoms with Gasteiger partial charge in [0.25, 0.3) is 0 Å². The van der Waals surface area contributed by atoms with Crippen LogP contribution in [0.25, 0.3) is 0 Å². The molecule has 0 spiro atoms. The maximum Gasteiger partial charge on any atom is 0.318 e. The number of carboxylic acid groups (broad SMARTS) is 2. The van der Waals surface area contributed by atoms with E-state index in [0.29, 0.717) is 17.5 Å². The molecule has 4 nitrogen and oxygen atoms in total. The van der Waals surface area contributed by atoms with Crippen LogP contribution in [0.5, 0.6) is 0 Å². The average molecular weight is 330 g/mol. The number of hydrogen-bond acceptors (Lipinski definition) is 2. The second kappa shape index (κ2) is 8.13. The van der Waals surface area contributed by atoms with Crippen molar-refractivity contribution in [2.75, 3.05) is 0 Å². The number of aliphatic carboxylic acids is 2. The number of hydrogen-bond donors (Lipinski definition) is 2. The first-order chi connectivity index (χ1) is 11.5. The van der Waals surface area contributed by atoms with Gasteiger partial charge in [-0.3, -0.25) is 9.59 Å². The maximum absolute atomic E-state index is 12.1. The van der Waals surface area contributed by atoms with Gasteiger partial charge in [0.15, 0.2) is 0 Å². The molecule has 0 bridgehead atoms. The predicted octanol–water partition coefficient (Wildman–Crippen LogP) is 4.50. The average Bonchev–Trinajstić information content (AvgIpc) is 2.57. The summed E-state index contributed by atoms with van der Waals surface area (Å²) in [7, 11) is 0. The van der Waals surface area contributed by atoms with E-state index in [9.17, 15) is 19.8 Å². The Hall–Kier alpha value is -2.10. The van der Waals surface area contributed by atoms with Gasteiger partial charge in [0.1, 0.15) is 11.3 Å². The number of benzene rings is 1. The molecule has 0 radical (unpaired) electrons. The van der Waals surface area contributed by atoms with E-state index in [-0.39, 0.29) is 0 Å². The van der Waals surface area contributed by atoms with Gasteiger partial charge < -0.3 is 10.2 Å². The van der Waals surface area contributed by atoms with E-state index in [1.807, 2.05) is 0 Å². The summed E-state index contributed by atoms with van der Waals surface area (Å²) in [5.41, 5.74) is 0.120. The molecule has 4 heteroatoms. The third-order valence-corrected chi connectivity index (χ3v) is 4.92. The Bertz CT molecular complexity index is 620. The second-order valence-electron chi connectivity index (χ2n) is 6.56.